The van der Waals surface area contributed by atoms with E-state index >= 15 is 0 Å². The topological polar surface area (TPSA) is 159 Å². The third-order valence-corrected chi connectivity index (χ3v) is 6.03. The summed E-state index contributed by atoms with van der Waals surface area (Å²) in [5.74, 6) is 0. The van der Waals surface area contributed by atoms with E-state index in [0.29, 0.717) is 17.4 Å². The number of nitrogens with two attached hydrogens (primary N) is 1. The van der Waals surface area contributed by atoms with Crippen LogP contribution in [0.5, 0.6) is 0 Å². The van der Waals surface area contributed by atoms with Gasteiger partial charge in [0.15, 0.2) is 0 Å². The van der Waals surface area contributed by atoms with Crippen LogP contribution in [0.2, 0.25) is 0 Å². The molecule has 0 amide bonds. The first kappa shape index (κ1) is 20.9. The van der Waals surface area contributed by atoms with Crippen LogP contribution in [0.4, 0.5) is 17.1 Å². The van der Waals surface area contributed by atoms with Crippen molar-refractivity contribution in [1.29, 1.82) is 0 Å². The molecule has 0 bridgehead atoms. The van der Waals surface area contributed by atoms with Crippen LogP contribution in [0.3, 0.4) is 0 Å². The number of anilines is 1. The summed E-state index contributed by atoms with van der Waals surface area (Å²) in [5, 5.41) is 8.45. The molecule has 29 heavy (non-hydrogen) atoms. The molecular formula is C18H17N3O6S2. The number of hydrogen-bond donors (Lipinski definition) is 3. The van der Waals surface area contributed by atoms with Crippen molar-refractivity contribution in [3.8, 4) is 0 Å². The summed E-state index contributed by atoms with van der Waals surface area (Å²) in [6, 6.07) is 9.54. The highest BCUT2D eigenvalue weighted by atomic mass is 32.2. The quantitative estimate of drug-likeness (QED) is 0.318. The molecule has 0 aliphatic heterocycles. The molecule has 0 aromatic heterocycles. The van der Waals surface area contributed by atoms with Crippen LogP contribution < -0.4 is 5.73 Å². The van der Waals surface area contributed by atoms with Crippen LogP contribution in [0.25, 0.3) is 10.8 Å². The van der Waals surface area contributed by atoms with Crippen molar-refractivity contribution in [2.24, 2.45) is 10.2 Å². The van der Waals surface area contributed by atoms with Crippen molar-refractivity contribution >= 4 is 48.1 Å². The Balaban J connectivity index is 2.16. The van der Waals surface area contributed by atoms with E-state index in [1.807, 2.05) is 13.8 Å². The van der Waals surface area contributed by atoms with E-state index in [4.69, 9.17) is 5.73 Å². The molecule has 4 N–H and O–H groups in total. The van der Waals surface area contributed by atoms with E-state index in [1.54, 1.807) is 12.1 Å². The Hall–Kier alpha value is -2.86. The van der Waals surface area contributed by atoms with E-state index in [2.05, 4.69) is 10.2 Å². The Labute approximate surface area is 167 Å². The fourth-order valence-electron chi connectivity index (χ4n) is 2.75. The van der Waals surface area contributed by atoms with Gasteiger partial charge in [-0.3, -0.25) is 9.11 Å². The van der Waals surface area contributed by atoms with Crippen molar-refractivity contribution in [2.45, 2.75) is 23.6 Å². The molecule has 0 radical (unpaired) electrons. The van der Waals surface area contributed by atoms with Gasteiger partial charge in [0.2, 0.25) is 0 Å². The Kier molecular flexibility index (Phi) is 5.17. The number of rotatable bonds is 4. The molecule has 3 aromatic carbocycles. The fourth-order valence-corrected chi connectivity index (χ4v) is 4.10. The summed E-state index contributed by atoms with van der Waals surface area (Å²) in [6.07, 6.45) is 0. The molecule has 3 aromatic rings. The minimum absolute atomic E-state index is 0.0292. The molecule has 9 nitrogen and oxygen atoms in total. The van der Waals surface area contributed by atoms with Gasteiger partial charge in [-0.15, -0.1) is 0 Å². The van der Waals surface area contributed by atoms with Crippen molar-refractivity contribution < 1.29 is 25.9 Å². The first-order chi connectivity index (χ1) is 13.4. The maximum absolute atomic E-state index is 11.7. The Morgan fingerprint density at radius 1 is 0.828 bits per heavy atom. The smallest absolute Gasteiger partial charge is 0.295 e. The Bertz CT molecular complexity index is 1380. The molecule has 11 heteroatoms. The van der Waals surface area contributed by atoms with Gasteiger partial charge in [-0.25, -0.2) is 0 Å². The highest BCUT2D eigenvalue weighted by Crippen LogP contribution is 2.32. The molecule has 0 aliphatic rings. The normalized spacial score (nSPS) is 12.7. The van der Waals surface area contributed by atoms with Crippen molar-refractivity contribution in [2.75, 3.05) is 5.73 Å². The van der Waals surface area contributed by atoms with Crippen LogP contribution in [0.1, 0.15) is 11.1 Å². The Morgan fingerprint density at radius 2 is 1.52 bits per heavy atom. The summed E-state index contributed by atoms with van der Waals surface area (Å²) in [6.45, 7) is 3.65. The lowest BCUT2D eigenvalue weighted by Gasteiger charge is -2.08. The lowest BCUT2D eigenvalue weighted by atomic mass is 10.1. The van der Waals surface area contributed by atoms with E-state index in [0.717, 1.165) is 17.2 Å². The molecule has 152 valence electrons. The average Bonchev–Trinajstić information content (AvgIpc) is 2.61. The van der Waals surface area contributed by atoms with Crippen LogP contribution in [0, 0.1) is 13.8 Å². The lowest BCUT2D eigenvalue weighted by molar-refractivity contribution is 0.482. The molecule has 3 rings (SSSR count). The van der Waals surface area contributed by atoms with Gasteiger partial charge in [-0.05, 0) is 66.8 Å². The Morgan fingerprint density at radius 3 is 2.14 bits per heavy atom. The van der Waals surface area contributed by atoms with E-state index in [9.17, 15) is 25.9 Å². The largest absolute Gasteiger partial charge is 0.399 e. The molecule has 0 heterocycles. The van der Waals surface area contributed by atoms with Gasteiger partial charge in [-0.2, -0.15) is 27.1 Å². The molecule has 0 saturated heterocycles. The van der Waals surface area contributed by atoms with Crippen molar-refractivity contribution in [1.82, 2.24) is 0 Å². The van der Waals surface area contributed by atoms with Crippen LogP contribution in [-0.4, -0.2) is 25.9 Å². The third kappa shape index (κ3) is 4.43. The molecule has 0 spiro atoms. The highest BCUT2D eigenvalue weighted by Gasteiger charge is 2.20. The minimum atomic E-state index is -4.77. The first-order valence-electron chi connectivity index (χ1n) is 8.17. The first-order valence-corrected chi connectivity index (χ1v) is 11.1. The zero-order valence-corrected chi connectivity index (χ0v) is 17.0. The van der Waals surface area contributed by atoms with Gasteiger partial charge in [0.05, 0.1) is 16.3 Å². The number of benzene rings is 3. The van der Waals surface area contributed by atoms with Gasteiger partial charge in [0.25, 0.3) is 20.2 Å². The monoisotopic (exact) mass is 435 g/mol. The third-order valence-electron chi connectivity index (χ3n) is 4.31. The second-order valence-electron chi connectivity index (χ2n) is 6.47. The molecule has 0 saturated carbocycles. The number of azo groups is 1. The second-order valence-corrected chi connectivity index (χ2v) is 9.28. The van der Waals surface area contributed by atoms with Crippen LogP contribution >= 0.6 is 0 Å². The van der Waals surface area contributed by atoms with Gasteiger partial charge in [0, 0.05) is 11.1 Å². The molecule has 0 aliphatic carbocycles. The SMILES string of the molecule is Cc1cc(N=Nc2ccc3cc(S(=O)(=O)O)cc(S(=O)(=O)O)c3c2)c(C)cc1N. The fraction of sp³-hybridized carbons (Fsp3) is 0.111. The van der Waals surface area contributed by atoms with Crippen LogP contribution in [0.15, 0.2) is 62.5 Å². The summed E-state index contributed by atoms with van der Waals surface area (Å²) < 4.78 is 65.0. The number of nitrogen functional groups attached to an aromatic ring is 1. The standard InChI is InChI=1S/C18H17N3O6S2/c1-10-6-17(11(2)5-16(10)19)21-20-13-4-3-12-7-14(28(22,23)24)9-18(15(12)8-13)29(25,26)27/h3-9H,19H2,1-2H3,(H,22,23,24)(H,25,26,27). The second kappa shape index (κ2) is 7.19. The number of fused-ring (bicyclic) bond motifs is 1. The van der Waals surface area contributed by atoms with E-state index in [-0.39, 0.29) is 16.5 Å². The number of nitrogens with zero attached hydrogens (tertiary/aromatic N) is 2. The number of hydrogen-bond acceptors (Lipinski definition) is 7. The lowest BCUT2D eigenvalue weighted by Crippen LogP contribution is -2.04. The minimum Gasteiger partial charge on any atom is -0.399 e. The van der Waals surface area contributed by atoms with Crippen molar-refractivity contribution in [3.63, 3.8) is 0 Å². The number of aryl methyl sites for hydroxylation is 2. The van der Waals surface area contributed by atoms with Crippen molar-refractivity contribution in [3.05, 3.63) is 53.6 Å². The predicted molar refractivity (Wildman–Crippen MR) is 108 cm³/mol. The van der Waals surface area contributed by atoms with Gasteiger partial charge < -0.3 is 5.73 Å². The van der Waals surface area contributed by atoms with Gasteiger partial charge >= 0.3 is 0 Å². The maximum Gasteiger partial charge on any atom is 0.295 e. The molecule has 0 atom stereocenters. The molecule has 0 unspecified atom stereocenters. The summed E-state index contributed by atoms with van der Waals surface area (Å²) in [4.78, 5) is -1.32. The maximum atomic E-state index is 11.7. The zero-order valence-electron chi connectivity index (χ0n) is 15.4. The molecular weight excluding hydrogens is 418 g/mol. The highest BCUT2D eigenvalue weighted by molar-refractivity contribution is 7.86. The van der Waals surface area contributed by atoms with Gasteiger partial charge in [-0.1, -0.05) is 6.07 Å². The van der Waals surface area contributed by atoms with E-state index < -0.39 is 30.0 Å². The summed E-state index contributed by atoms with van der Waals surface area (Å²) in [7, 11) is -9.45. The summed E-state index contributed by atoms with van der Waals surface area (Å²) in [5.41, 5.74) is 8.95. The van der Waals surface area contributed by atoms with E-state index in [1.165, 1.54) is 18.2 Å². The average molecular weight is 435 g/mol. The van der Waals surface area contributed by atoms with Gasteiger partial charge in [0.1, 0.15) is 4.90 Å². The predicted octanol–water partition coefficient (Wildman–Crippen LogP) is 3.95. The molecule has 0 fully saturated rings. The zero-order chi connectivity index (χ0) is 21.6. The van der Waals surface area contributed by atoms with Crippen LogP contribution in [-0.2, 0) is 20.2 Å². The summed E-state index contributed by atoms with van der Waals surface area (Å²) >= 11 is 0.